The van der Waals surface area contributed by atoms with Crippen molar-refractivity contribution in [2.24, 2.45) is 0 Å². The van der Waals surface area contributed by atoms with Crippen molar-refractivity contribution >= 4 is 24.8 Å². The van der Waals surface area contributed by atoms with Gasteiger partial charge in [0.25, 0.3) is 0 Å². The average molecular weight is 852 g/mol. The molecule has 10 rings (SSSR count). The molecule has 0 saturated heterocycles. The Morgan fingerprint density at radius 1 is 0.417 bits per heavy atom. The zero-order chi connectivity index (χ0) is 41.2. The molecule has 0 aromatic heterocycles. The molecule has 0 heterocycles. The molecule has 0 aliphatic heterocycles. The predicted octanol–water partition coefficient (Wildman–Crippen LogP) is 15.8. The SMILES string of the molecule is CC(C)(C)c1cc2c(cc1-c1ccccc1)[CH]([Zr](=[C](c1cccc3ccccc13)c1cccc3ccccc13)[CH]1C=CC=C1)c1cc(-c3ccccc3)c(C(C)(C)C)cc1-2. The molecule has 0 spiro atoms. The molecule has 2 aliphatic rings. The first-order valence-electron chi connectivity index (χ1n) is 21.6. The first-order valence-corrected chi connectivity index (χ1v) is 25.7. The van der Waals surface area contributed by atoms with Crippen molar-refractivity contribution in [2.75, 3.05) is 0 Å². The van der Waals surface area contributed by atoms with Gasteiger partial charge in [-0.25, -0.2) is 0 Å². The predicted molar refractivity (Wildman–Crippen MR) is 255 cm³/mol. The van der Waals surface area contributed by atoms with Gasteiger partial charge in [-0.3, -0.25) is 0 Å². The summed E-state index contributed by atoms with van der Waals surface area (Å²) in [5.74, 6) is 0. The maximum absolute atomic E-state index is 3.14. The third kappa shape index (κ3) is 6.77. The Hall–Kier alpha value is -5.49. The fraction of sp³-hybridized carbons (Fsp3) is 0.169. The molecule has 8 aromatic carbocycles. The van der Waals surface area contributed by atoms with Crippen LogP contribution in [-0.4, -0.2) is 3.21 Å². The van der Waals surface area contributed by atoms with Crippen LogP contribution in [0.3, 0.4) is 0 Å². The van der Waals surface area contributed by atoms with Crippen LogP contribution in [0.25, 0.3) is 54.9 Å². The topological polar surface area (TPSA) is 0 Å². The van der Waals surface area contributed by atoms with E-state index in [0.717, 1.165) is 0 Å². The van der Waals surface area contributed by atoms with E-state index >= 15 is 0 Å². The second-order valence-corrected chi connectivity index (χ2v) is 25.3. The molecule has 0 fully saturated rings. The van der Waals surface area contributed by atoms with Gasteiger partial charge < -0.3 is 0 Å². The van der Waals surface area contributed by atoms with E-state index in [1.54, 1.807) is 3.21 Å². The van der Waals surface area contributed by atoms with Gasteiger partial charge >= 0.3 is 367 Å². The molecule has 292 valence electrons. The standard InChI is InChI=1S/C33H33.C21H14.C5H5.Zr/c1-32(2,3)30-20-26-24(18-28(30)22-13-9-7-10-14-22)17-25-19-29(23-15-11-8-12-16-23)31(21-27(25)26)33(4,5)6;1-3-13-20-16(7-1)9-5-11-18(20)15-19-12-6-10-17-8-2-4-14-21(17)19;1-2-4-5-3-1;/h7-21H,1-6H3;1-14H;1-5H;. The molecular formula is C59H52Zr. The molecule has 60 heavy (non-hydrogen) atoms. The van der Waals surface area contributed by atoms with Gasteiger partial charge in [0.1, 0.15) is 0 Å². The van der Waals surface area contributed by atoms with E-state index in [1.165, 1.54) is 88.3 Å². The Morgan fingerprint density at radius 3 is 1.25 bits per heavy atom. The van der Waals surface area contributed by atoms with Crippen LogP contribution in [0.5, 0.6) is 0 Å². The van der Waals surface area contributed by atoms with Gasteiger partial charge in [-0.1, -0.05) is 0 Å². The molecule has 0 saturated carbocycles. The van der Waals surface area contributed by atoms with Crippen molar-refractivity contribution < 1.29 is 21.3 Å². The number of benzene rings is 8. The van der Waals surface area contributed by atoms with E-state index in [4.69, 9.17) is 0 Å². The molecule has 0 nitrogen and oxygen atoms in total. The van der Waals surface area contributed by atoms with Crippen molar-refractivity contribution in [3.8, 4) is 33.4 Å². The summed E-state index contributed by atoms with van der Waals surface area (Å²) < 4.78 is 2.20. The number of hydrogen-bond donors (Lipinski definition) is 0. The Labute approximate surface area is 364 Å². The molecular weight excluding hydrogens is 800 g/mol. The number of allylic oxidation sites excluding steroid dienone is 4. The third-order valence-electron chi connectivity index (χ3n) is 12.9. The monoisotopic (exact) mass is 850 g/mol. The van der Waals surface area contributed by atoms with Gasteiger partial charge in [-0.15, -0.1) is 0 Å². The van der Waals surface area contributed by atoms with Crippen LogP contribution in [0.1, 0.15) is 78.5 Å². The molecule has 0 bridgehead atoms. The minimum absolute atomic E-state index is 0.0585. The first-order chi connectivity index (χ1) is 29.1. The van der Waals surface area contributed by atoms with E-state index in [-0.39, 0.29) is 14.5 Å². The molecule has 8 aromatic rings. The fourth-order valence-electron chi connectivity index (χ4n) is 10.1. The van der Waals surface area contributed by atoms with Gasteiger partial charge in [0, 0.05) is 0 Å². The second-order valence-electron chi connectivity index (χ2n) is 18.8. The Bertz CT molecular complexity index is 2830. The van der Waals surface area contributed by atoms with Gasteiger partial charge in [0.05, 0.1) is 0 Å². The van der Waals surface area contributed by atoms with E-state index < -0.39 is 21.3 Å². The van der Waals surface area contributed by atoms with Crippen LogP contribution in [0.4, 0.5) is 0 Å². The van der Waals surface area contributed by atoms with Crippen molar-refractivity contribution in [2.45, 2.75) is 59.6 Å². The molecule has 0 atom stereocenters. The van der Waals surface area contributed by atoms with Crippen LogP contribution in [0.2, 0.25) is 3.63 Å². The summed E-state index contributed by atoms with van der Waals surface area (Å²) in [6, 6.07) is 65.0. The van der Waals surface area contributed by atoms with Crippen LogP contribution >= 0.6 is 0 Å². The van der Waals surface area contributed by atoms with Crippen molar-refractivity contribution in [1.82, 2.24) is 0 Å². The van der Waals surface area contributed by atoms with E-state index in [0.29, 0.717) is 3.63 Å². The summed E-state index contributed by atoms with van der Waals surface area (Å²) >= 11 is -3.14. The Kier molecular flexibility index (Phi) is 9.81. The minimum atomic E-state index is -3.14. The summed E-state index contributed by atoms with van der Waals surface area (Å²) in [7, 11) is 0. The van der Waals surface area contributed by atoms with Crippen molar-refractivity contribution in [1.29, 1.82) is 0 Å². The van der Waals surface area contributed by atoms with Crippen LogP contribution in [-0.2, 0) is 32.1 Å². The van der Waals surface area contributed by atoms with Crippen LogP contribution in [0.15, 0.2) is 194 Å². The molecule has 0 unspecified atom stereocenters. The van der Waals surface area contributed by atoms with Gasteiger partial charge in [0.2, 0.25) is 0 Å². The van der Waals surface area contributed by atoms with Gasteiger partial charge in [-0.05, 0) is 0 Å². The molecule has 0 amide bonds. The zero-order valence-electron chi connectivity index (χ0n) is 35.6. The first kappa shape index (κ1) is 38.7. The summed E-state index contributed by atoms with van der Waals surface area (Å²) in [5.41, 5.74) is 16.6. The molecule has 0 N–H and O–H groups in total. The molecule has 1 heteroatoms. The Balaban J connectivity index is 1.41. The quantitative estimate of drug-likeness (QED) is 0.156. The number of fused-ring (bicyclic) bond motifs is 5. The summed E-state index contributed by atoms with van der Waals surface area (Å²) in [5, 5.41) is 5.27. The number of rotatable bonds is 6. The summed E-state index contributed by atoms with van der Waals surface area (Å²) in [4.78, 5) is 0. The molecule has 0 radical (unpaired) electrons. The zero-order valence-corrected chi connectivity index (χ0v) is 38.1. The van der Waals surface area contributed by atoms with E-state index in [2.05, 4.69) is 236 Å². The fourth-order valence-corrected chi connectivity index (χ4v) is 19.6. The van der Waals surface area contributed by atoms with Crippen LogP contribution in [0, 0.1) is 0 Å². The third-order valence-corrected chi connectivity index (χ3v) is 21.4. The molecule has 2 aliphatic carbocycles. The van der Waals surface area contributed by atoms with Gasteiger partial charge in [0.15, 0.2) is 0 Å². The second kappa shape index (κ2) is 15.2. The van der Waals surface area contributed by atoms with E-state index in [9.17, 15) is 0 Å². The normalized spacial score (nSPS) is 13.9. The van der Waals surface area contributed by atoms with Gasteiger partial charge in [-0.2, -0.15) is 0 Å². The number of hydrogen-bond acceptors (Lipinski definition) is 0. The summed E-state index contributed by atoms with van der Waals surface area (Å²) in [6.45, 7) is 14.3. The van der Waals surface area contributed by atoms with Crippen molar-refractivity contribution in [3.63, 3.8) is 0 Å². The maximum atomic E-state index is 2.65. The van der Waals surface area contributed by atoms with Crippen molar-refractivity contribution in [3.05, 3.63) is 228 Å². The Morgan fingerprint density at radius 2 is 0.817 bits per heavy atom. The summed E-state index contributed by atoms with van der Waals surface area (Å²) in [6.07, 6.45) is 9.74. The van der Waals surface area contributed by atoms with E-state index in [1.807, 2.05) is 0 Å². The average Bonchev–Trinajstić information content (AvgIpc) is 3.91. The van der Waals surface area contributed by atoms with Crippen LogP contribution < -0.4 is 0 Å².